The number of methoxy groups -OCH3 is 1. The molecule has 0 amide bonds. The maximum Gasteiger partial charge on any atom is 0.225 e. The van der Waals surface area contributed by atoms with Gasteiger partial charge in [-0.3, -0.25) is 0 Å². The number of ether oxygens (including phenoxy) is 1. The zero-order chi connectivity index (χ0) is 16.3. The lowest BCUT2D eigenvalue weighted by Gasteiger charge is -2.21. The van der Waals surface area contributed by atoms with E-state index in [1.807, 2.05) is 27.7 Å². The van der Waals surface area contributed by atoms with Crippen molar-refractivity contribution in [1.82, 2.24) is 9.97 Å². The first-order valence-corrected chi connectivity index (χ1v) is 7.01. The molecule has 0 spiro atoms. The predicted octanol–water partition coefficient (Wildman–Crippen LogP) is 3.89. The molecular formula is C16H21FN4O. The lowest BCUT2D eigenvalue weighted by Crippen LogP contribution is -2.27. The van der Waals surface area contributed by atoms with E-state index in [4.69, 9.17) is 4.74 Å². The molecule has 1 heterocycles. The van der Waals surface area contributed by atoms with Crippen molar-refractivity contribution in [3.8, 4) is 5.75 Å². The van der Waals surface area contributed by atoms with Gasteiger partial charge in [-0.15, -0.1) is 0 Å². The highest BCUT2D eigenvalue weighted by atomic mass is 19.1. The first kappa shape index (κ1) is 16.0. The van der Waals surface area contributed by atoms with Crippen molar-refractivity contribution in [2.45, 2.75) is 33.2 Å². The standard InChI is InChI=1S/C16H21FN4O/c1-10-9-18-15(21-16(2,3)4)20-14(10)19-11-6-7-12(17)13(8-11)22-5/h6-9H,1-5H3,(H2,18,19,20,21). The Kier molecular flexibility index (Phi) is 4.49. The van der Waals surface area contributed by atoms with Crippen LogP contribution in [0.15, 0.2) is 24.4 Å². The summed E-state index contributed by atoms with van der Waals surface area (Å²) >= 11 is 0. The molecule has 0 unspecified atom stereocenters. The first-order chi connectivity index (χ1) is 10.3. The van der Waals surface area contributed by atoms with E-state index in [0.29, 0.717) is 17.5 Å². The largest absolute Gasteiger partial charge is 0.494 e. The van der Waals surface area contributed by atoms with Gasteiger partial charge in [0.25, 0.3) is 0 Å². The molecule has 0 aliphatic carbocycles. The van der Waals surface area contributed by atoms with E-state index in [2.05, 4.69) is 20.6 Å². The Balaban J connectivity index is 2.27. The van der Waals surface area contributed by atoms with Crippen molar-refractivity contribution in [2.24, 2.45) is 0 Å². The van der Waals surface area contributed by atoms with E-state index in [-0.39, 0.29) is 11.3 Å². The monoisotopic (exact) mass is 304 g/mol. The second-order valence-electron chi connectivity index (χ2n) is 6.07. The van der Waals surface area contributed by atoms with Gasteiger partial charge in [-0.1, -0.05) is 0 Å². The summed E-state index contributed by atoms with van der Waals surface area (Å²) < 4.78 is 18.4. The van der Waals surface area contributed by atoms with Crippen molar-refractivity contribution >= 4 is 17.5 Å². The zero-order valence-corrected chi connectivity index (χ0v) is 13.5. The molecule has 118 valence electrons. The minimum atomic E-state index is -0.400. The SMILES string of the molecule is COc1cc(Nc2nc(NC(C)(C)C)ncc2C)ccc1F. The quantitative estimate of drug-likeness (QED) is 0.897. The van der Waals surface area contributed by atoms with Crippen LogP contribution >= 0.6 is 0 Å². The van der Waals surface area contributed by atoms with E-state index in [9.17, 15) is 4.39 Å². The first-order valence-electron chi connectivity index (χ1n) is 7.01. The average molecular weight is 304 g/mol. The molecule has 0 aliphatic heterocycles. The number of rotatable bonds is 4. The van der Waals surface area contributed by atoms with Crippen LogP contribution in [0.2, 0.25) is 0 Å². The molecular weight excluding hydrogens is 283 g/mol. The molecule has 0 fully saturated rings. The fourth-order valence-corrected chi connectivity index (χ4v) is 1.84. The van der Waals surface area contributed by atoms with Crippen LogP contribution in [-0.4, -0.2) is 22.6 Å². The molecule has 1 aromatic heterocycles. The summed E-state index contributed by atoms with van der Waals surface area (Å²) in [6.07, 6.45) is 1.74. The van der Waals surface area contributed by atoms with Gasteiger partial charge in [-0.2, -0.15) is 4.98 Å². The van der Waals surface area contributed by atoms with Crippen LogP contribution in [0.3, 0.4) is 0 Å². The van der Waals surface area contributed by atoms with Crippen LogP contribution in [0.25, 0.3) is 0 Å². The number of nitrogens with one attached hydrogen (secondary N) is 2. The highest BCUT2D eigenvalue weighted by Gasteiger charge is 2.13. The van der Waals surface area contributed by atoms with Gasteiger partial charge in [0, 0.05) is 29.1 Å². The van der Waals surface area contributed by atoms with Gasteiger partial charge in [0.05, 0.1) is 7.11 Å². The molecule has 0 atom stereocenters. The van der Waals surface area contributed by atoms with Gasteiger partial charge in [0.2, 0.25) is 5.95 Å². The Labute approximate surface area is 129 Å². The second kappa shape index (κ2) is 6.17. The number of aromatic nitrogens is 2. The van der Waals surface area contributed by atoms with Crippen molar-refractivity contribution in [1.29, 1.82) is 0 Å². The van der Waals surface area contributed by atoms with Crippen LogP contribution in [0.1, 0.15) is 26.3 Å². The van der Waals surface area contributed by atoms with E-state index < -0.39 is 5.82 Å². The van der Waals surface area contributed by atoms with Crippen molar-refractivity contribution in [2.75, 3.05) is 17.7 Å². The molecule has 0 saturated heterocycles. The van der Waals surface area contributed by atoms with E-state index >= 15 is 0 Å². The summed E-state index contributed by atoms with van der Waals surface area (Å²) in [6, 6.07) is 4.58. The van der Waals surface area contributed by atoms with Crippen LogP contribution in [0.5, 0.6) is 5.75 Å². The maximum atomic E-state index is 13.4. The number of halogens is 1. The van der Waals surface area contributed by atoms with Gasteiger partial charge in [0.15, 0.2) is 11.6 Å². The number of nitrogens with zero attached hydrogens (tertiary/aromatic N) is 2. The molecule has 0 saturated carbocycles. The van der Waals surface area contributed by atoms with Crippen LogP contribution in [0.4, 0.5) is 21.8 Å². The molecule has 0 radical (unpaired) electrons. The molecule has 5 nitrogen and oxygen atoms in total. The van der Waals surface area contributed by atoms with Crippen LogP contribution in [-0.2, 0) is 0 Å². The average Bonchev–Trinajstić information content (AvgIpc) is 2.43. The van der Waals surface area contributed by atoms with Gasteiger partial charge < -0.3 is 15.4 Å². The summed E-state index contributed by atoms with van der Waals surface area (Å²) in [7, 11) is 1.43. The summed E-state index contributed by atoms with van der Waals surface area (Å²) in [5.41, 5.74) is 1.45. The van der Waals surface area contributed by atoms with Crippen molar-refractivity contribution < 1.29 is 9.13 Å². The lowest BCUT2D eigenvalue weighted by atomic mass is 10.1. The summed E-state index contributed by atoms with van der Waals surface area (Å²) in [5.74, 6) is 0.984. The third kappa shape index (κ3) is 4.07. The Bertz CT molecular complexity index is 668. The van der Waals surface area contributed by atoms with Crippen LogP contribution in [0, 0.1) is 12.7 Å². The fourth-order valence-electron chi connectivity index (χ4n) is 1.84. The van der Waals surface area contributed by atoms with Crippen LogP contribution < -0.4 is 15.4 Å². The van der Waals surface area contributed by atoms with Gasteiger partial charge in [0.1, 0.15) is 5.82 Å². The Morgan fingerprint density at radius 2 is 1.95 bits per heavy atom. The minimum Gasteiger partial charge on any atom is -0.494 e. The number of benzene rings is 1. The van der Waals surface area contributed by atoms with Gasteiger partial charge in [-0.05, 0) is 39.8 Å². The molecule has 2 rings (SSSR count). The van der Waals surface area contributed by atoms with E-state index in [0.717, 1.165) is 5.56 Å². The highest BCUT2D eigenvalue weighted by Crippen LogP contribution is 2.25. The van der Waals surface area contributed by atoms with E-state index in [1.54, 1.807) is 18.3 Å². The highest BCUT2D eigenvalue weighted by molar-refractivity contribution is 5.61. The molecule has 0 aliphatic rings. The van der Waals surface area contributed by atoms with Gasteiger partial charge >= 0.3 is 0 Å². The maximum absolute atomic E-state index is 13.4. The van der Waals surface area contributed by atoms with Gasteiger partial charge in [-0.25, -0.2) is 9.37 Å². The number of aryl methyl sites for hydroxylation is 1. The third-order valence-corrected chi connectivity index (χ3v) is 2.87. The third-order valence-electron chi connectivity index (χ3n) is 2.87. The minimum absolute atomic E-state index is 0.133. The molecule has 2 N–H and O–H groups in total. The predicted molar refractivity (Wildman–Crippen MR) is 86.4 cm³/mol. The number of hydrogen-bond donors (Lipinski definition) is 2. The Morgan fingerprint density at radius 3 is 2.59 bits per heavy atom. The lowest BCUT2D eigenvalue weighted by molar-refractivity contribution is 0.387. The van der Waals surface area contributed by atoms with E-state index in [1.165, 1.54) is 13.2 Å². The molecule has 0 bridgehead atoms. The Morgan fingerprint density at radius 1 is 1.23 bits per heavy atom. The summed E-state index contributed by atoms with van der Waals surface area (Å²) in [6.45, 7) is 8.01. The van der Waals surface area contributed by atoms with Crippen molar-refractivity contribution in [3.05, 3.63) is 35.8 Å². The topological polar surface area (TPSA) is 59.1 Å². The molecule has 22 heavy (non-hydrogen) atoms. The smallest absolute Gasteiger partial charge is 0.225 e. The molecule has 6 heteroatoms. The number of hydrogen-bond acceptors (Lipinski definition) is 5. The zero-order valence-electron chi connectivity index (χ0n) is 13.5. The molecule has 2 aromatic rings. The second-order valence-corrected chi connectivity index (χ2v) is 6.07. The normalized spacial score (nSPS) is 11.2. The fraction of sp³-hybridized carbons (Fsp3) is 0.375. The summed E-state index contributed by atoms with van der Waals surface area (Å²) in [4.78, 5) is 8.73. The summed E-state index contributed by atoms with van der Waals surface area (Å²) in [5, 5.41) is 6.38. The van der Waals surface area contributed by atoms with Crippen molar-refractivity contribution in [3.63, 3.8) is 0 Å². The Hall–Kier alpha value is -2.37. The molecule has 1 aromatic carbocycles. The number of anilines is 3.